The molecule has 4 aromatic heterocycles. The quantitative estimate of drug-likeness (QED) is 0.184. The molecular weight excluding hydrogens is 700 g/mol. The molecule has 290 valence electrons. The molecule has 3 aliphatic rings. The van der Waals surface area contributed by atoms with Crippen molar-refractivity contribution in [2.75, 3.05) is 6.54 Å². The van der Waals surface area contributed by atoms with E-state index < -0.39 is 5.82 Å². The maximum atomic E-state index is 14.2. The molecule has 0 unspecified atom stereocenters. The molecule has 0 spiro atoms. The fourth-order valence-electron chi connectivity index (χ4n) is 8.00. The molecule has 0 fully saturated rings. The number of carbonyl (C=O) groups excluding carboxylic acids is 1. The Morgan fingerprint density at radius 1 is 0.815 bits per heavy atom. The van der Waals surface area contributed by atoms with Crippen LogP contribution < -0.4 is 11.1 Å². The van der Waals surface area contributed by atoms with Crippen molar-refractivity contribution in [2.24, 2.45) is 5.41 Å². The monoisotopic (exact) mass is 756 g/mol. The molecule has 5 aromatic rings. The van der Waals surface area contributed by atoms with Crippen LogP contribution >= 0.6 is 11.3 Å². The second kappa shape index (κ2) is 14.8. The Hall–Kier alpha value is -4.12. The smallest absolute Gasteiger partial charge is 0.284 e. The molecular formula is C43H57FN6O3S. The number of nitrogens with zero attached hydrogens (tertiary/aromatic N) is 6. The van der Waals surface area contributed by atoms with Gasteiger partial charge in [0.1, 0.15) is 16.2 Å². The molecule has 1 aromatic carbocycles. The van der Waals surface area contributed by atoms with Gasteiger partial charge in [0.25, 0.3) is 17.0 Å². The lowest BCUT2D eigenvalue weighted by Gasteiger charge is -2.32. The Morgan fingerprint density at radius 2 is 1.46 bits per heavy atom. The number of amides is 1. The first-order valence-corrected chi connectivity index (χ1v) is 20.4. The van der Waals surface area contributed by atoms with Gasteiger partial charge >= 0.3 is 0 Å². The number of fused-ring (bicyclic) bond motifs is 7. The van der Waals surface area contributed by atoms with E-state index in [-0.39, 0.29) is 39.9 Å². The molecule has 11 heteroatoms. The second-order valence-corrected chi connectivity index (χ2v) is 19.0. The molecule has 5 heterocycles. The third kappa shape index (κ3) is 7.57. The van der Waals surface area contributed by atoms with Crippen LogP contribution in [0.2, 0.25) is 0 Å². The van der Waals surface area contributed by atoms with Gasteiger partial charge in [-0.1, -0.05) is 34.6 Å². The Kier molecular flexibility index (Phi) is 10.9. The summed E-state index contributed by atoms with van der Waals surface area (Å²) in [5, 5.41) is 10.2. The van der Waals surface area contributed by atoms with E-state index >= 15 is 0 Å². The number of hydrogen-bond acceptors (Lipinski definition) is 6. The second-order valence-electron chi connectivity index (χ2n) is 17.9. The van der Waals surface area contributed by atoms with E-state index in [1.54, 1.807) is 22.2 Å². The highest BCUT2D eigenvalue weighted by molar-refractivity contribution is 7.19. The number of benzene rings is 1. The summed E-state index contributed by atoms with van der Waals surface area (Å²) in [4.78, 5) is 40.3. The SMILES string of the molecule is CC(C)N1CCn2c(cc3c2CC(C)(C)C3)C1=O.CC(C)n1ncc2c3c(sc2c1=O)CCCC3.CC(C)n1ncc2cc(C(C)(C)C)cc(F)c2c1=O. The summed E-state index contributed by atoms with van der Waals surface area (Å²) in [6.45, 7) is 24.3. The Morgan fingerprint density at radius 3 is 2.11 bits per heavy atom. The van der Waals surface area contributed by atoms with Gasteiger partial charge in [-0.3, -0.25) is 14.4 Å². The summed E-state index contributed by atoms with van der Waals surface area (Å²) >= 11 is 1.68. The van der Waals surface area contributed by atoms with Crippen LogP contribution in [0, 0.1) is 11.2 Å². The maximum absolute atomic E-state index is 14.2. The zero-order chi connectivity index (χ0) is 39.4. The molecule has 0 atom stereocenters. The van der Waals surface area contributed by atoms with Crippen LogP contribution in [0.25, 0.3) is 20.9 Å². The molecule has 1 amide bonds. The van der Waals surface area contributed by atoms with E-state index in [1.807, 2.05) is 65.6 Å². The highest BCUT2D eigenvalue weighted by Crippen LogP contribution is 2.39. The number of aryl methyl sites for hydroxylation is 2. The van der Waals surface area contributed by atoms with Crippen LogP contribution in [0.15, 0.2) is 40.2 Å². The zero-order valence-electron chi connectivity index (χ0n) is 34.0. The van der Waals surface area contributed by atoms with Crippen molar-refractivity contribution in [1.82, 2.24) is 29.0 Å². The molecule has 8 rings (SSSR count). The molecule has 1 aliphatic heterocycles. The maximum Gasteiger partial charge on any atom is 0.284 e. The number of thiophene rings is 1. The minimum absolute atomic E-state index is 0.0805. The number of hydrogen-bond donors (Lipinski definition) is 0. The summed E-state index contributed by atoms with van der Waals surface area (Å²) in [6, 6.07) is 5.78. The van der Waals surface area contributed by atoms with E-state index in [4.69, 9.17) is 0 Å². The van der Waals surface area contributed by atoms with Gasteiger partial charge in [-0.2, -0.15) is 10.2 Å². The number of rotatable bonds is 3. The van der Waals surface area contributed by atoms with Crippen LogP contribution in [0.3, 0.4) is 0 Å². The predicted octanol–water partition coefficient (Wildman–Crippen LogP) is 8.81. The zero-order valence-corrected chi connectivity index (χ0v) is 34.8. The van der Waals surface area contributed by atoms with Crippen LogP contribution in [-0.4, -0.2) is 47.5 Å². The molecule has 0 saturated heterocycles. The van der Waals surface area contributed by atoms with Crippen LogP contribution in [-0.2, 0) is 37.6 Å². The normalized spacial score (nSPS) is 16.4. The van der Waals surface area contributed by atoms with Crippen molar-refractivity contribution >= 4 is 38.1 Å². The standard InChI is InChI=1S/C15H19FN2O.C15H22N2O.C13H16N2OS/c1-9(2)18-14(19)13-10(8-17-18)6-11(7-12(13)16)15(3,4)5;1-10(2)16-5-6-17-12(14(16)18)7-11-8-15(3,4)9-13(11)17;1-8(2)15-13(16)12-10(7-14-15)9-5-3-4-6-11(9)17-12/h6-9H,1-5H3;7,10H,5-6,8-9H2,1-4H3;7-8H,3-6H2,1-2H3. The predicted molar refractivity (Wildman–Crippen MR) is 218 cm³/mol. The van der Waals surface area contributed by atoms with Crippen molar-refractivity contribution < 1.29 is 9.18 Å². The lowest BCUT2D eigenvalue weighted by molar-refractivity contribution is 0.0647. The Balaban J connectivity index is 0.000000138. The number of aromatic nitrogens is 5. The van der Waals surface area contributed by atoms with Crippen molar-refractivity contribution in [3.05, 3.63) is 90.1 Å². The van der Waals surface area contributed by atoms with Gasteiger partial charge in [-0.05, 0) is 126 Å². The molecule has 2 aliphatic carbocycles. The van der Waals surface area contributed by atoms with Gasteiger partial charge in [-0.15, -0.1) is 11.3 Å². The van der Waals surface area contributed by atoms with Gasteiger partial charge in [-0.25, -0.2) is 13.8 Å². The van der Waals surface area contributed by atoms with Crippen LogP contribution in [0.5, 0.6) is 0 Å². The first kappa shape index (κ1) is 39.6. The molecule has 0 N–H and O–H groups in total. The summed E-state index contributed by atoms with van der Waals surface area (Å²) in [5.74, 6) is -0.257. The van der Waals surface area contributed by atoms with Crippen molar-refractivity contribution in [3.8, 4) is 0 Å². The van der Waals surface area contributed by atoms with Crippen molar-refractivity contribution in [3.63, 3.8) is 0 Å². The van der Waals surface area contributed by atoms with E-state index in [0.29, 0.717) is 16.8 Å². The first-order valence-electron chi connectivity index (χ1n) is 19.5. The number of carbonyl (C=O) groups is 1. The number of halogens is 1. The van der Waals surface area contributed by atoms with Crippen LogP contribution in [0.4, 0.5) is 4.39 Å². The third-order valence-electron chi connectivity index (χ3n) is 10.9. The average molecular weight is 757 g/mol. The lowest BCUT2D eigenvalue weighted by atomic mass is 9.86. The molecule has 0 radical (unpaired) electrons. The largest absolute Gasteiger partial charge is 0.339 e. The van der Waals surface area contributed by atoms with E-state index in [0.717, 1.165) is 60.1 Å². The van der Waals surface area contributed by atoms with Crippen LogP contribution in [0.1, 0.15) is 139 Å². The summed E-state index contributed by atoms with van der Waals surface area (Å²) < 4.78 is 20.3. The van der Waals surface area contributed by atoms with E-state index in [1.165, 1.54) is 45.3 Å². The molecule has 0 bridgehead atoms. The highest BCUT2D eigenvalue weighted by atomic mass is 32.1. The summed E-state index contributed by atoms with van der Waals surface area (Å²) in [7, 11) is 0. The Bertz CT molecular complexity index is 2340. The van der Waals surface area contributed by atoms with Crippen molar-refractivity contribution in [2.45, 2.75) is 145 Å². The Labute approximate surface area is 322 Å². The van der Waals surface area contributed by atoms with E-state index in [2.05, 4.69) is 48.5 Å². The third-order valence-corrected chi connectivity index (χ3v) is 12.2. The molecule has 54 heavy (non-hydrogen) atoms. The topological polar surface area (TPSA) is 95.0 Å². The van der Waals surface area contributed by atoms with Crippen molar-refractivity contribution in [1.29, 1.82) is 0 Å². The minimum atomic E-state index is -0.468. The van der Waals surface area contributed by atoms with Gasteiger partial charge in [0.05, 0.1) is 29.9 Å². The lowest BCUT2D eigenvalue weighted by Crippen LogP contribution is -2.44. The van der Waals surface area contributed by atoms with Gasteiger partial charge in [0, 0.05) is 40.5 Å². The fraction of sp³-hybridized carbons (Fsp3) is 0.558. The molecule has 9 nitrogen and oxygen atoms in total. The summed E-state index contributed by atoms with van der Waals surface area (Å²) in [6.07, 6.45) is 10.4. The van der Waals surface area contributed by atoms with Gasteiger partial charge < -0.3 is 9.47 Å². The minimum Gasteiger partial charge on any atom is -0.339 e. The fourth-order valence-corrected chi connectivity index (χ4v) is 9.29. The van der Waals surface area contributed by atoms with Gasteiger partial charge in [0.2, 0.25) is 0 Å². The molecule has 0 saturated carbocycles. The average Bonchev–Trinajstić information content (AvgIpc) is 3.73. The summed E-state index contributed by atoms with van der Waals surface area (Å²) in [5.41, 5.74) is 5.88. The van der Waals surface area contributed by atoms with Gasteiger partial charge in [0.15, 0.2) is 0 Å². The van der Waals surface area contributed by atoms with E-state index in [9.17, 15) is 18.8 Å². The highest BCUT2D eigenvalue weighted by Gasteiger charge is 2.36. The first-order chi connectivity index (χ1) is 25.3.